The summed E-state index contributed by atoms with van der Waals surface area (Å²) in [5.74, 6) is 0.179. The van der Waals surface area contributed by atoms with E-state index < -0.39 is 0 Å². The lowest BCUT2D eigenvalue weighted by atomic mass is 10.2. The minimum absolute atomic E-state index is 0.227. The van der Waals surface area contributed by atoms with Gasteiger partial charge in [-0.2, -0.15) is 5.26 Å². The summed E-state index contributed by atoms with van der Waals surface area (Å²) in [6.07, 6.45) is 2.17. The van der Waals surface area contributed by atoms with Crippen LogP contribution in [0, 0.1) is 11.3 Å². The Bertz CT molecular complexity index is 986. The predicted octanol–water partition coefficient (Wildman–Crippen LogP) is 3.30. The van der Waals surface area contributed by atoms with Crippen LogP contribution in [0.15, 0.2) is 24.3 Å². The van der Waals surface area contributed by atoms with Gasteiger partial charge in [0.25, 0.3) is 5.91 Å². The molecule has 7 nitrogen and oxygen atoms in total. The third-order valence-corrected chi connectivity index (χ3v) is 5.64. The number of rotatable bonds is 3. The molecule has 2 aromatic rings. The number of carbonyl (C=O) groups is 2. The second-order valence-electron chi connectivity index (χ2n) is 7.07. The number of aromatic nitrogens is 1. The quantitative estimate of drug-likeness (QED) is 0.832. The van der Waals surface area contributed by atoms with E-state index in [1.807, 2.05) is 6.07 Å². The monoisotopic (exact) mass is 397 g/mol. The third kappa shape index (κ3) is 3.20. The summed E-state index contributed by atoms with van der Waals surface area (Å²) in [4.78, 5) is 26.8. The number of carbonyl (C=O) groups excluding carboxylic acids is 2. The molecule has 1 aliphatic heterocycles. The van der Waals surface area contributed by atoms with Crippen LogP contribution in [0.5, 0.6) is 0 Å². The Balaban J connectivity index is 1.58. The summed E-state index contributed by atoms with van der Waals surface area (Å²) in [7, 11) is 1.58. The van der Waals surface area contributed by atoms with E-state index in [4.69, 9.17) is 16.9 Å². The molecule has 4 rings (SSSR count). The van der Waals surface area contributed by atoms with Gasteiger partial charge in [-0.1, -0.05) is 11.6 Å². The van der Waals surface area contributed by atoms with Crippen molar-refractivity contribution in [2.75, 3.05) is 18.9 Å². The van der Waals surface area contributed by atoms with E-state index in [1.165, 1.54) is 0 Å². The maximum atomic E-state index is 12.7. The SMILES string of the molecule is CNC(=O)c1c(Cl)c(C2CC2)n2c1CN(C(=O)Nc1ccc(C#N)cc1)CC2. The van der Waals surface area contributed by atoms with E-state index in [0.29, 0.717) is 47.4 Å². The number of amides is 3. The Morgan fingerprint density at radius 3 is 2.54 bits per heavy atom. The molecular formula is C20H20ClN5O2. The molecule has 0 atom stereocenters. The van der Waals surface area contributed by atoms with Gasteiger partial charge in [0.05, 0.1) is 34.5 Å². The Morgan fingerprint density at radius 2 is 1.93 bits per heavy atom. The van der Waals surface area contributed by atoms with Crippen molar-refractivity contribution in [1.29, 1.82) is 5.26 Å². The Kier molecular flexibility index (Phi) is 4.73. The van der Waals surface area contributed by atoms with E-state index >= 15 is 0 Å². The molecule has 2 aliphatic rings. The predicted molar refractivity (Wildman–Crippen MR) is 105 cm³/mol. The number of benzene rings is 1. The lowest BCUT2D eigenvalue weighted by Gasteiger charge is -2.30. The van der Waals surface area contributed by atoms with Gasteiger partial charge in [-0.15, -0.1) is 0 Å². The number of urea groups is 1. The van der Waals surface area contributed by atoms with Crippen molar-refractivity contribution in [3.63, 3.8) is 0 Å². The van der Waals surface area contributed by atoms with Gasteiger partial charge >= 0.3 is 6.03 Å². The molecule has 0 radical (unpaired) electrons. The summed E-state index contributed by atoms with van der Waals surface area (Å²) >= 11 is 6.59. The summed E-state index contributed by atoms with van der Waals surface area (Å²) in [5, 5.41) is 14.9. The molecule has 2 N–H and O–H groups in total. The lowest BCUT2D eigenvalue weighted by Crippen LogP contribution is -2.41. The van der Waals surface area contributed by atoms with Crippen LogP contribution in [0.25, 0.3) is 0 Å². The van der Waals surface area contributed by atoms with E-state index in [0.717, 1.165) is 24.2 Å². The van der Waals surface area contributed by atoms with Crippen LogP contribution in [0.4, 0.5) is 10.5 Å². The fraction of sp³-hybridized carbons (Fsp3) is 0.350. The zero-order valence-electron chi connectivity index (χ0n) is 15.5. The van der Waals surface area contributed by atoms with E-state index in [2.05, 4.69) is 15.2 Å². The van der Waals surface area contributed by atoms with Gasteiger partial charge in [-0.25, -0.2) is 4.79 Å². The molecular weight excluding hydrogens is 378 g/mol. The molecule has 1 saturated carbocycles. The molecule has 8 heteroatoms. The molecule has 1 aromatic heterocycles. The molecule has 0 spiro atoms. The minimum Gasteiger partial charge on any atom is -0.355 e. The van der Waals surface area contributed by atoms with Crippen molar-refractivity contribution in [2.24, 2.45) is 0 Å². The summed E-state index contributed by atoms with van der Waals surface area (Å²) in [6.45, 7) is 1.46. The zero-order chi connectivity index (χ0) is 19.8. The maximum Gasteiger partial charge on any atom is 0.322 e. The van der Waals surface area contributed by atoms with Crippen molar-refractivity contribution in [3.8, 4) is 6.07 Å². The number of nitrogens with one attached hydrogen (secondary N) is 2. The van der Waals surface area contributed by atoms with Crippen LogP contribution in [-0.2, 0) is 13.1 Å². The van der Waals surface area contributed by atoms with Crippen LogP contribution in [-0.4, -0.2) is 35.0 Å². The second kappa shape index (κ2) is 7.21. The first-order chi connectivity index (χ1) is 13.5. The van der Waals surface area contributed by atoms with Crippen molar-refractivity contribution >= 4 is 29.2 Å². The van der Waals surface area contributed by atoms with Gasteiger partial charge < -0.3 is 20.1 Å². The van der Waals surface area contributed by atoms with Gasteiger partial charge in [0.2, 0.25) is 0 Å². The fourth-order valence-electron chi connectivity index (χ4n) is 3.67. The highest BCUT2D eigenvalue weighted by atomic mass is 35.5. The van der Waals surface area contributed by atoms with Gasteiger partial charge in [0.1, 0.15) is 0 Å². The number of fused-ring (bicyclic) bond motifs is 1. The molecule has 1 aromatic carbocycles. The van der Waals surface area contributed by atoms with Crippen LogP contribution in [0.1, 0.15) is 46.1 Å². The molecule has 28 heavy (non-hydrogen) atoms. The largest absolute Gasteiger partial charge is 0.355 e. The normalized spacial score (nSPS) is 15.5. The molecule has 1 aliphatic carbocycles. The van der Waals surface area contributed by atoms with Gasteiger partial charge in [0.15, 0.2) is 0 Å². The summed E-state index contributed by atoms with van der Waals surface area (Å²) < 4.78 is 2.12. The average Bonchev–Trinajstić information content (AvgIpc) is 3.50. The number of nitriles is 1. The number of halogens is 1. The standard InChI is InChI=1S/C20H20ClN5O2/c1-23-19(27)16-15-11-25(8-9-26(15)18(17(16)21)13-4-5-13)20(28)24-14-6-2-12(10-22)3-7-14/h2-3,6-7,13H,4-5,8-9,11H2,1H3,(H,23,27)(H,24,28). The molecule has 0 unspecified atom stereocenters. The van der Waals surface area contributed by atoms with Gasteiger partial charge in [-0.3, -0.25) is 4.79 Å². The summed E-state index contributed by atoms with van der Waals surface area (Å²) in [6, 6.07) is 8.50. The van der Waals surface area contributed by atoms with Crippen molar-refractivity contribution in [2.45, 2.75) is 31.8 Å². The topological polar surface area (TPSA) is 90.2 Å². The average molecular weight is 398 g/mol. The van der Waals surface area contributed by atoms with Crippen LogP contribution >= 0.6 is 11.6 Å². The molecule has 3 amide bonds. The first kappa shape index (κ1) is 18.4. The highest BCUT2D eigenvalue weighted by molar-refractivity contribution is 6.35. The number of hydrogen-bond acceptors (Lipinski definition) is 3. The van der Waals surface area contributed by atoms with E-state index in [1.54, 1.807) is 36.2 Å². The van der Waals surface area contributed by atoms with Crippen LogP contribution in [0.2, 0.25) is 5.02 Å². The lowest BCUT2D eigenvalue weighted by molar-refractivity contribution is 0.0960. The van der Waals surface area contributed by atoms with Gasteiger partial charge in [-0.05, 0) is 37.1 Å². The van der Waals surface area contributed by atoms with E-state index in [-0.39, 0.29) is 11.9 Å². The second-order valence-corrected chi connectivity index (χ2v) is 7.44. The molecule has 0 saturated heterocycles. The molecule has 1 fully saturated rings. The number of nitrogens with zero attached hydrogens (tertiary/aromatic N) is 3. The van der Waals surface area contributed by atoms with Crippen molar-refractivity contribution in [3.05, 3.63) is 51.8 Å². The fourth-order valence-corrected chi connectivity index (χ4v) is 4.12. The Labute approximate surface area is 167 Å². The first-order valence-electron chi connectivity index (χ1n) is 9.22. The number of hydrogen-bond donors (Lipinski definition) is 2. The van der Waals surface area contributed by atoms with Crippen LogP contribution in [0.3, 0.4) is 0 Å². The minimum atomic E-state index is -0.246. The Hall–Kier alpha value is -2.98. The number of anilines is 1. The van der Waals surface area contributed by atoms with E-state index in [9.17, 15) is 9.59 Å². The van der Waals surface area contributed by atoms with Crippen molar-refractivity contribution < 1.29 is 9.59 Å². The highest BCUT2D eigenvalue weighted by Crippen LogP contribution is 2.47. The highest BCUT2D eigenvalue weighted by Gasteiger charge is 2.37. The molecule has 0 bridgehead atoms. The zero-order valence-corrected chi connectivity index (χ0v) is 16.2. The van der Waals surface area contributed by atoms with Crippen LogP contribution < -0.4 is 10.6 Å². The maximum absolute atomic E-state index is 12.7. The molecule has 2 heterocycles. The third-order valence-electron chi connectivity index (χ3n) is 5.25. The Morgan fingerprint density at radius 1 is 1.21 bits per heavy atom. The van der Waals surface area contributed by atoms with Crippen molar-refractivity contribution in [1.82, 2.24) is 14.8 Å². The molecule has 144 valence electrons. The smallest absolute Gasteiger partial charge is 0.322 e. The van der Waals surface area contributed by atoms with Gasteiger partial charge in [0, 0.05) is 37.4 Å². The first-order valence-corrected chi connectivity index (χ1v) is 9.60. The summed E-state index contributed by atoms with van der Waals surface area (Å²) in [5.41, 5.74) is 3.44.